The minimum absolute atomic E-state index is 0.00560. The van der Waals surface area contributed by atoms with E-state index in [0.29, 0.717) is 11.0 Å². The highest BCUT2D eigenvalue weighted by atomic mass is 35.5. The third kappa shape index (κ3) is 3.58. The van der Waals surface area contributed by atoms with Crippen LogP contribution in [-0.4, -0.2) is 44.7 Å². The van der Waals surface area contributed by atoms with E-state index >= 15 is 0 Å². The summed E-state index contributed by atoms with van der Waals surface area (Å²) in [6.45, 7) is 7.80. The van der Waals surface area contributed by atoms with E-state index in [1.54, 1.807) is 6.20 Å². The minimum atomic E-state index is -0.483. The van der Waals surface area contributed by atoms with Crippen molar-refractivity contribution in [2.24, 2.45) is 5.92 Å². The lowest BCUT2D eigenvalue weighted by Gasteiger charge is -2.43. The number of halogens is 1. The summed E-state index contributed by atoms with van der Waals surface area (Å²) in [6, 6.07) is 0.286. The number of piperidine rings is 1. The van der Waals surface area contributed by atoms with E-state index in [9.17, 15) is 4.79 Å². The van der Waals surface area contributed by atoms with Gasteiger partial charge in [0.05, 0.1) is 12.4 Å². The molecule has 2 saturated heterocycles. The lowest BCUT2D eigenvalue weighted by molar-refractivity contribution is -0.0273. The normalized spacial score (nSPS) is 29.5. The van der Waals surface area contributed by atoms with Crippen molar-refractivity contribution in [3.63, 3.8) is 0 Å². The van der Waals surface area contributed by atoms with Crippen LogP contribution in [0.2, 0.25) is 5.15 Å². The van der Waals surface area contributed by atoms with Gasteiger partial charge in [0.2, 0.25) is 5.88 Å². The van der Waals surface area contributed by atoms with Crippen LogP contribution in [0.5, 0.6) is 5.88 Å². The van der Waals surface area contributed by atoms with E-state index in [1.807, 2.05) is 25.7 Å². The molecular weight excluding hydrogens is 330 g/mol. The number of hydrogen-bond donors (Lipinski definition) is 0. The van der Waals surface area contributed by atoms with Gasteiger partial charge < -0.3 is 14.4 Å². The average Bonchev–Trinajstić information content (AvgIpc) is 2.81. The van der Waals surface area contributed by atoms with Crippen LogP contribution in [0.1, 0.15) is 47.0 Å². The maximum absolute atomic E-state index is 12.6. The van der Waals surface area contributed by atoms with E-state index in [2.05, 4.69) is 16.9 Å². The van der Waals surface area contributed by atoms with Gasteiger partial charge in [-0.1, -0.05) is 18.5 Å². The zero-order valence-corrected chi connectivity index (χ0v) is 15.3. The lowest BCUT2D eigenvalue weighted by Crippen LogP contribution is -2.55. The first-order valence-corrected chi connectivity index (χ1v) is 8.78. The number of carbonyl (C=O) groups excluding carboxylic acids is 1. The Morgan fingerprint density at radius 3 is 2.75 bits per heavy atom. The number of carbonyl (C=O) groups is 1. The molecule has 6 nitrogen and oxygen atoms in total. The average molecular weight is 354 g/mol. The van der Waals surface area contributed by atoms with Gasteiger partial charge >= 0.3 is 6.09 Å². The van der Waals surface area contributed by atoms with Gasteiger partial charge in [-0.3, -0.25) is 4.98 Å². The largest absolute Gasteiger partial charge is 0.473 e. The van der Waals surface area contributed by atoms with E-state index in [-0.39, 0.29) is 30.2 Å². The van der Waals surface area contributed by atoms with E-state index in [4.69, 9.17) is 21.1 Å². The Balaban J connectivity index is 1.71. The Bertz CT molecular complexity index is 619. The topological polar surface area (TPSA) is 64.6 Å². The Morgan fingerprint density at radius 1 is 1.33 bits per heavy atom. The first-order valence-electron chi connectivity index (χ1n) is 8.40. The second-order valence-electron chi connectivity index (χ2n) is 7.62. The molecule has 3 rings (SSSR count). The summed E-state index contributed by atoms with van der Waals surface area (Å²) in [5.41, 5.74) is -0.483. The fourth-order valence-electron chi connectivity index (χ4n) is 3.68. The van der Waals surface area contributed by atoms with Gasteiger partial charge in [0.15, 0.2) is 5.15 Å². The summed E-state index contributed by atoms with van der Waals surface area (Å²) in [7, 11) is 0. The Kier molecular flexibility index (Phi) is 4.60. The SMILES string of the molecule is C[C@@H]1[C@@H](Oc2cncc(Cl)n2)C[C@H]2CC[C@@H]1N2C(=O)OC(C)(C)C. The van der Waals surface area contributed by atoms with Crippen LogP contribution in [-0.2, 0) is 4.74 Å². The number of rotatable bonds is 2. The summed E-state index contributed by atoms with van der Waals surface area (Å²) < 4.78 is 11.6. The van der Waals surface area contributed by atoms with Crippen molar-refractivity contribution in [2.45, 2.75) is 70.7 Å². The van der Waals surface area contributed by atoms with Crippen molar-refractivity contribution in [3.8, 4) is 5.88 Å². The monoisotopic (exact) mass is 353 g/mol. The molecule has 1 amide bonds. The van der Waals surface area contributed by atoms with Crippen molar-refractivity contribution >= 4 is 17.7 Å². The smallest absolute Gasteiger partial charge is 0.410 e. The molecule has 3 heterocycles. The number of fused-ring (bicyclic) bond motifs is 2. The molecule has 1 aromatic rings. The molecule has 24 heavy (non-hydrogen) atoms. The first kappa shape index (κ1) is 17.3. The molecule has 0 aliphatic carbocycles. The molecule has 0 unspecified atom stereocenters. The summed E-state index contributed by atoms with van der Waals surface area (Å²) in [4.78, 5) is 22.6. The molecule has 2 aliphatic rings. The van der Waals surface area contributed by atoms with Crippen molar-refractivity contribution in [2.75, 3.05) is 0 Å². The molecule has 0 spiro atoms. The van der Waals surface area contributed by atoms with E-state index in [0.717, 1.165) is 19.3 Å². The van der Waals surface area contributed by atoms with Crippen LogP contribution >= 0.6 is 11.6 Å². The summed E-state index contributed by atoms with van der Waals surface area (Å²) >= 11 is 5.87. The molecule has 0 radical (unpaired) electrons. The van der Waals surface area contributed by atoms with Crippen molar-refractivity contribution < 1.29 is 14.3 Å². The first-order chi connectivity index (χ1) is 11.2. The fourth-order valence-corrected chi connectivity index (χ4v) is 3.82. The molecule has 0 saturated carbocycles. The fraction of sp³-hybridized carbons (Fsp3) is 0.706. The summed E-state index contributed by atoms with van der Waals surface area (Å²) in [5.74, 6) is 0.626. The molecule has 132 valence electrons. The molecule has 1 aromatic heterocycles. The zero-order valence-electron chi connectivity index (χ0n) is 14.5. The molecule has 7 heteroatoms. The van der Waals surface area contributed by atoms with Crippen molar-refractivity contribution in [1.29, 1.82) is 0 Å². The summed E-state index contributed by atoms with van der Waals surface area (Å²) in [5, 5.41) is 0.314. The van der Waals surface area contributed by atoms with Gasteiger partial charge in [-0.05, 0) is 33.6 Å². The highest BCUT2D eigenvalue weighted by Gasteiger charge is 2.49. The van der Waals surface area contributed by atoms with Crippen LogP contribution in [0.15, 0.2) is 12.4 Å². The molecule has 0 aromatic carbocycles. The predicted octanol–water partition coefficient (Wildman–Crippen LogP) is 3.69. The maximum Gasteiger partial charge on any atom is 0.410 e. The lowest BCUT2D eigenvalue weighted by atomic mass is 9.89. The van der Waals surface area contributed by atoms with E-state index < -0.39 is 5.60 Å². The van der Waals surface area contributed by atoms with Gasteiger partial charge in [-0.2, -0.15) is 4.98 Å². The number of hydrogen-bond acceptors (Lipinski definition) is 5. The summed E-state index contributed by atoms with van der Waals surface area (Å²) in [6.07, 6.45) is 5.55. The number of ether oxygens (including phenoxy) is 2. The Labute approximate surface area is 147 Å². The molecular formula is C17H24ClN3O3. The third-order valence-electron chi connectivity index (χ3n) is 4.70. The van der Waals surface area contributed by atoms with Gasteiger partial charge in [0.1, 0.15) is 11.7 Å². The van der Waals surface area contributed by atoms with Crippen LogP contribution in [0.4, 0.5) is 4.79 Å². The predicted molar refractivity (Wildman–Crippen MR) is 90.1 cm³/mol. The van der Waals surface area contributed by atoms with Crippen LogP contribution in [0.25, 0.3) is 0 Å². The highest BCUT2D eigenvalue weighted by molar-refractivity contribution is 6.29. The van der Waals surface area contributed by atoms with Crippen LogP contribution < -0.4 is 4.74 Å². The zero-order chi connectivity index (χ0) is 17.5. The van der Waals surface area contributed by atoms with Gasteiger partial charge in [-0.25, -0.2) is 4.79 Å². The molecule has 2 bridgehead atoms. The van der Waals surface area contributed by atoms with Gasteiger partial charge in [0, 0.05) is 24.4 Å². The molecule has 2 fully saturated rings. The van der Waals surface area contributed by atoms with Crippen LogP contribution in [0.3, 0.4) is 0 Å². The minimum Gasteiger partial charge on any atom is -0.473 e. The molecule has 2 aliphatic heterocycles. The third-order valence-corrected chi connectivity index (χ3v) is 4.89. The molecule has 0 N–H and O–H groups in total. The standard InChI is InChI=1S/C17H24ClN3O3/c1-10-12-6-5-11(21(12)16(22)24-17(2,3)4)7-13(10)23-15-9-19-8-14(18)20-15/h8-13H,5-7H2,1-4H3/t10-,11+,12-,13-/m0/s1. The number of amides is 1. The van der Waals surface area contributed by atoms with Gasteiger partial charge in [0.25, 0.3) is 0 Å². The number of nitrogens with zero attached hydrogens (tertiary/aromatic N) is 3. The second kappa shape index (κ2) is 6.39. The molecule has 4 atom stereocenters. The number of aromatic nitrogens is 2. The maximum atomic E-state index is 12.6. The van der Waals surface area contributed by atoms with Crippen molar-refractivity contribution in [1.82, 2.24) is 14.9 Å². The van der Waals surface area contributed by atoms with Crippen molar-refractivity contribution in [3.05, 3.63) is 17.5 Å². The quantitative estimate of drug-likeness (QED) is 0.811. The van der Waals surface area contributed by atoms with E-state index in [1.165, 1.54) is 6.20 Å². The second-order valence-corrected chi connectivity index (χ2v) is 8.00. The van der Waals surface area contributed by atoms with Crippen LogP contribution in [0, 0.1) is 5.92 Å². The Morgan fingerprint density at radius 2 is 2.08 bits per heavy atom. The highest BCUT2D eigenvalue weighted by Crippen LogP contribution is 2.41. The van der Waals surface area contributed by atoms with Gasteiger partial charge in [-0.15, -0.1) is 0 Å². The Hall–Kier alpha value is -1.56.